The van der Waals surface area contributed by atoms with Gasteiger partial charge in [-0.1, -0.05) is 75.2 Å². The molecule has 5 atom stereocenters. The van der Waals surface area contributed by atoms with Crippen LogP contribution in [0.25, 0.3) is 0 Å². The van der Waals surface area contributed by atoms with E-state index in [0.29, 0.717) is 19.4 Å². The van der Waals surface area contributed by atoms with Gasteiger partial charge < -0.3 is 30.1 Å². The SMILES string of the molecule is CCCC(CCC)C(=O)N(C)[C@H]1C/C=C\CO[C@@H]2C[C@H](NC[C@@H](O)[C@H](Cc3ccccc3)NC1=O)c1cc(OC)ccc12. The van der Waals surface area contributed by atoms with Crippen LogP contribution in [0.5, 0.6) is 5.75 Å². The van der Waals surface area contributed by atoms with Crippen molar-refractivity contribution in [1.29, 1.82) is 0 Å². The van der Waals surface area contributed by atoms with Crippen LogP contribution in [0.1, 0.15) is 81.2 Å². The molecule has 0 fully saturated rings. The molecular weight excluding hydrogens is 542 g/mol. The summed E-state index contributed by atoms with van der Waals surface area (Å²) in [5, 5.41) is 18.2. The Morgan fingerprint density at radius 1 is 1.09 bits per heavy atom. The molecule has 2 aromatic carbocycles. The van der Waals surface area contributed by atoms with Crippen LogP contribution in [0.3, 0.4) is 0 Å². The number of hydrogen-bond donors (Lipinski definition) is 3. The van der Waals surface area contributed by atoms with Crippen LogP contribution in [-0.2, 0) is 20.7 Å². The molecule has 8 nitrogen and oxygen atoms in total. The Kier molecular flexibility index (Phi) is 12.2. The first kappa shape index (κ1) is 32.7. The van der Waals surface area contributed by atoms with E-state index in [1.54, 1.807) is 19.1 Å². The van der Waals surface area contributed by atoms with Gasteiger partial charge in [0.25, 0.3) is 0 Å². The number of benzene rings is 2. The smallest absolute Gasteiger partial charge is 0.243 e. The van der Waals surface area contributed by atoms with E-state index < -0.39 is 18.2 Å². The van der Waals surface area contributed by atoms with E-state index in [-0.39, 0.29) is 36.4 Å². The average Bonchev–Trinajstić information content (AvgIpc) is 3.36. The van der Waals surface area contributed by atoms with Crippen molar-refractivity contribution in [3.05, 3.63) is 77.4 Å². The summed E-state index contributed by atoms with van der Waals surface area (Å²) in [6, 6.07) is 14.6. The largest absolute Gasteiger partial charge is 0.497 e. The van der Waals surface area contributed by atoms with Crippen molar-refractivity contribution >= 4 is 11.8 Å². The molecule has 0 aromatic heterocycles. The lowest BCUT2D eigenvalue weighted by molar-refractivity contribution is -0.142. The second-order valence-corrected chi connectivity index (χ2v) is 11.8. The third kappa shape index (κ3) is 8.46. The molecule has 3 N–H and O–H groups in total. The van der Waals surface area contributed by atoms with Gasteiger partial charge in [0, 0.05) is 25.6 Å². The second kappa shape index (κ2) is 16.0. The molecule has 234 valence electrons. The number of rotatable bonds is 9. The lowest BCUT2D eigenvalue weighted by Crippen LogP contribution is -2.55. The molecule has 0 spiro atoms. The molecular formula is C35H49N3O5. The highest BCUT2D eigenvalue weighted by Gasteiger charge is 2.35. The van der Waals surface area contributed by atoms with Gasteiger partial charge in [-0.3, -0.25) is 9.59 Å². The number of aliphatic hydroxyl groups is 1. The molecule has 2 amide bonds. The first-order valence-electron chi connectivity index (χ1n) is 15.8. The fraction of sp³-hybridized carbons (Fsp3) is 0.543. The Morgan fingerprint density at radius 2 is 1.84 bits per heavy atom. The fourth-order valence-electron chi connectivity index (χ4n) is 6.37. The zero-order valence-corrected chi connectivity index (χ0v) is 26.1. The van der Waals surface area contributed by atoms with Crippen molar-refractivity contribution in [3.8, 4) is 5.75 Å². The van der Waals surface area contributed by atoms with Gasteiger partial charge >= 0.3 is 0 Å². The number of β-amino-alcohol motifs (C(OH)–C–C–N with tert-alkyl or cyclic N) is 1. The van der Waals surface area contributed by atoms with Crippen LogP contribution in [0.4, 0.5) is 0 Å². The van der Waals surface area contributed by atoms with Crippen LogP contribution in [-0.4, -0.2) is 67.3 Å². The lowest BCUT2D eigenvalue weighted by atomic mass is 9.95. The van der Waals surface area contributed by atoms with Crippen LogP contribution >= 0.6 is 0 Å². The van der Waals surface area contributed by atoms with Gasteiger partial charge in [0.15, 0.2) is 0 Å². The molecule has 2 bridgehead atoms. The number of amides is 2. The normalized spacial score (nSPS) is 25.3. The van der Waals surface area contributed by atoms with Gasteiger partial charge in [-0.2, -0.15) is 0 Å². The molecule has 2 aliphatic rings. The molecule has 43 heavy (non-hydrogen) atoms. The predicted octanol–water partition coefficient (Wildman–Crippen LogP) is 4.88. The van der Waals surface area contributed by atoms with Crippen LogP contribution in [0, 0.1) is 5.92 Å². The van der Waals surface area contributed by atoms with Gasteiger partial charge in [-0.15, -0.1) is 0 Å². The molecule has 1 aliphatic heterocycles. The lowest BCUT2D eigenvalue weighted by Gasteiger charge is -2.33. The van der Waals surface area contributed by atoms with Crippen molar-refractivity contribution in [3.63, 3.8) is 0 Å². The number of carbonyl (C=O) groups excluding carboxylic acids is 2. The monoisotopic (exact) mass is 591 g/mol. The minimum atomic E-state index is -0.867. The number of fused-ring (bicyclic) bond motifs is 5. The van der Waals surface area contributed by atoms with Crippen molar-refractivity contribution in [2.75, 3.05) is 27.3 Å². The van der Waals surface area contributed by atoms with Gasteiger partial charge in [0.1, 0.15) is 11.8 Å². The Morgan fingerprint density at radius 3 is 2.53 bits per heavy atom. The second-order valence-electron chi connectivity index (χ2n) is 11.8. The number of ether oxygens (including phenoxy) is 2. The topological polar surface area (TPSA) is 100 Å². The number of methoxy groups -OCH3 is 1. The molecule has 1 heterocycles. The summed E-state index contributed by atoms with van der Waals surface area (Å²) in [6.07, 6.45) is 7.87. The van der Waals surface area contributed by atoms with Gasteiger partial charge in [-0.05, 0) is 60.9 Å². The molecule has 1 aliphatic carbocycles. The average molecular weight is 592 g/mol. The summed E-state index contributed by atoms with van der Waals surface area (Å²) < 4.78 is 11.8. The number of likely N-dealkylation sites (N-methyl/N-ethyl adjacent to an activating group) is 1. The molecule has 0 saturated carbocycles. The number of nitrogens with zero attached hydrogens (tertiary/aromatic N) is 1. The van der Waals surface area contributed by atoms with Crippen LogP contribution in [0.2, 0.25) is 0 Å². The van der Waals surface area contributed by atoms with E-state index in [1.807, 2.05) is 54.6 Å². The van der Waals surface area contributed by atoms with Crippen molar-refractivity contribution < 1.29 is 24.2 Å². The van der Waals surface area contributed by atoms with Gasteiger partial charge in [-0.25, -0.2) is 0 Å². The van der Waals surface area contributed by atoms with E-state index in [0.717, 1.165) is 54.5 Å². The summed E-state index contributed by atoms with van der Waals surface area (Å²) in [5.74, 6) is 0.401. The maximum atomic E-state index is 13.9. The fourth-order valence-corrected chi connectivity index (χ4v) is 6.37. The van der Waals surface area contributed by atoms with E-state index in [4.69, 9.17) is 9.47 Å². The molecule has 4 rings (SSSR count). The van der Waals surface area contributed by atoms with Gasteiger partial charge in [0.05, 0.1) is 32.0 Å². The maximum Gasteiger partial charge on any atom is 0.243 e. The van der Waals surface area contributed by atoms with Gasteiger partial charge in [0.2, 0.25) is 11.8 Å². The standard InChI is InChI=1S/C35H49N3O5/c1-5-12-25(13-6-2)35(41)38(3)31-16-10-11-19-43-33-22-29(28-21-26(42-4)17-18-27(28)33)36-23-32(39)30(37-34(31)40)20-24-14-8-7-9-15-24/h7-11,14-15,17-18,21,25,29-33,36,39H,5-6,12-13,16,19-20,22-23H2,1-4H3,(H,37,40)/b11-10-/t29-,30-,31-,32+,33+/m0/s1. The third-order valence-electron chi connectivity index (χ3n) is 8.79. The molecule has 0 unspecified atom stereocenters. The Labute approximate surface area is 256 Å². The van der Waals surface area contributed by atoms with E-state index >= 15 is 0 Å². The number of aliphatic hydroxyl groups excluding tert-OH is 1. The van der Waals surface area contributed by atoms with E-state index in [1.165, 1.54) is 0 Å². The summed E-state index contributed by atoms with van der Waals surface area (Å²) in [7, 11) is 3.39. The zero-order chi connectivity index (χ0) is 30.8. The Balaban J connectivity index is 1.63. The van der Waals surface area contributed by atoms with Crippen molar-refractivity contribution in [1.82, 2.24) is 15.5 Å². The quantitative estimate of drug-likeness (QED) is 0.360. The molecule has 0 saturated heterocycles. The first-order valence-corrected chi connectivity index (χ1v) is 15.8. The zero-order valence-electron chi connectivity index (χ0n) is 26.1. The third-order valence-corrected chi connectivity index (χ3v) is 8.79. The number of hydrogen-bond acceptors (Lipinski definition) is 6. The molecule has 8 heteroatoms. The Bertz CT molecular complexity index is 1210. The van der Waals surface area contributed by atoms with Crippen LogP contribution in [0.15, 0.2) is 60.7 Å². The van der Waals surface area contributed by atoms with Crippen molar-refractivity contribution in [2.45, 2.75) is 89.1 Å². The maximum absolute atomic E-state index is 13.9. The number of carbonyl (C=O) groups is 2. The summed E-state index contributed by atoms with van der Waals surface area (Å²) in [4.78, 5) is 29.1. The highest BCUT2D eigenvalue weighted by atomic mass is 16.5. The van der Waals surface area contributed by atoms with E-state index in [2.05, 4.69) is 30.5 Å². The van der Waals surface area contributed by atoms with E-state index in [9.17, 15) is 14.7 Å². The molecule has 0 radical (unpaired) electrons. The predicted molar refractivity (Wildman–Crippen MR) is 169 cm³/mol. The molecule has 2 aromatic rings. The Hall–Kier alpha value is -3.20. The summed E-state index contributed by atoms with van der Waals surface area (Å²) in [6.45, 7) is 4.84. The van der Waals surface area contributed by atoms with Crippen LogP contribution < -0.4 is 15.4 Å². The highest BCUT2D eigenvalue weighted by Crippen LogP contribution is 2.42. The summed E-state index contributed by atoms with van der Waals surface area (Å²) >= 11 is 0. The minimum absolute atomic E-state index is 0.00224. The minimum Gasteiger partial charge on any atom is -0.497 e. The highest BCUT2D eigenvalue weighted by molar-refractivity contribution is 5.88. The number of nitrogens with one attached hydrogen (secondary N) is 2. The summed E-state index contributed by atoms with van der Waals surface area (Å²) in [5.41, 5.74) is 3.23. The first-order chi connectivity index (χ1) is 20.9. The van der Waals surface area contributed by atoms with Crippen molar-refractivity contribution in [2.24, 2.45) is 5.92 Å².